The predicted molar refractivity (Wildman–Crippen MR) is 90.5 cm³/mol. The molecule has 0 radical (unpaired) electrons. The molecule has 0 bridgehead atoms. The van der Waals surface area contributed by atoms with Crippen LogP contribution < -0.4 is 5.32 Å². The van der Waals surface area contributed by atoms with Crippen molar-refractivity contribution in [2.45, 2.75) is 0 Å². The fourth-order valence-corrected chi connectivity index (χ4v) is 2.71. The Morgan fingerprint density at radius 1 is 1.13 bits per heavy atom. The number of amides is 1. The van der Waals surface area contributed by atoms with Crippen molar-refractivity contribution in [3.8, 4) is 0 Å². The van der Waals surface area contributed by atoms with Crippen LogP contribution in [0.4, 0.5) is 5.69 Å². The van der Waals surface area contributed by atoms with Gasteiger partial charge < -0.3 is 10.1 Å². The summed E-state index contributed by atoms with van der Waals surface area (Å²) < 4.78 is 14.1. The number of fused-ring (bicyclic) bond motifs is 1. The van der Waals surface area contributed by atoms with E-state index in [0.717, 1.165) is 16.2 Å². The van der Waals surface area contributed by atoms with E-state index in [1.54, 1.807) is 36.4 Å². The maximum Gasteiger partial charge on any atom is 0.338 e. The van der Waals surface area contributed by atoms with Gasteiger partial charge in [0.15, 0.2) is 6.61 Å². The summed E-state index contributed by atoms with van der Waals surface area (Å²) in [6.07, 6.45) is 0. The Bertz CT molecular complexity index is 864. The average Bonchev–Trinajstić information content (AvgIpc) is 3.03. The van der Waals surface area contributed by atoms with Crippen LogP contribution in [0.5, 0.6) is 0 Å². The minimum Gasteiger partial charge on any atom is -0.452 e. The van der Waals surface area contributed by atoms with Crippen molar-refractivity contribution in [2.75, 3.05) is 11.9 Å². The zero-order valence-electron chi connectivity index (χ0n) is 11.7. The van der Waals surface area contributed by atoms with E-state index in [1.807, 2.05) is 6.07 Å². The van der Waals surface area contributed by atoms with Gasteiger partial charge in [-0.15, -0.1) is 0 Å². The highest BCUT2D eigenvalue weighted by Crippen LogP contribution is 2.21. The number of aromatic nitrogens is 2. The lowest BCUT2D eigenvalue weighted by Crippen LogP contribution is -2.21. The topological polar surface area (TPSA) is 81.2 Å². The normalized spacial score (nSPS) is 10.5. The number of nitrogens with zero attached hydrogens (tertiary/aromatic N) is 2. The lowest BCUT2D eigenvalue weighted by molar-refractivity contribution is -0.119. The summed E-state index contributed by atoms with van der Waals surface area (Å²) in [5.74, 6) is -0.989. The molecule has 0 spiro atoms. The summed E-state index contributed by atoms with van der Waals surface area (Å²) in [5.41, 5.74) is 2.25. The highest BCUT2D eigenvalue weighted by molar-refractivity contribution is 9.10. The second-order valence-corrected chi connectivity index (χ2v) is 6.01. The number of hydrogen-bond donors (Lipinski definition) is 1. The van der Waals surface area contributed by atoms with E-state index in [-0.39, 0.29) is 6.61 Å². The third-order valence-corrected chi connectivity index (χ3v) is 4.05. The van der Waals surface area contributed by atoms with E-state index < -0.39 is 11.9 Å². The number of rotatable bonds is 4. The molecule has 0 aliphatic rings. The van der Waals surface area contributed by atoms with Gasteiger partial charge in [0.1, 0.15) is 11.0 Å². The van der Waals surface area contributed by atoms with Gasteiger partial charge in [-0.2, -0.15) is 8.75 Å². The summed E-state index contributed by atoms with van der Waals surface area (Å²) in [6, 6.07) is 12.0. The van der Waals surface area contributed by atoms with Crippen molar-refractivity contribution in [1.29, 1.82) is 0 Å². The molecule has 0 aliphatic carbocycles. The number of anilines is 1. The molecule has 8 heteroatoms. The molecule has 1 N–H and O–H groups in total. The van der Waals surface area contributed by atoms with Gasteiger partial charge >= 0.3 is 5.97 Å². The maximum atomic E-state index is 11.9. The summed E-state index contributed by atoms with van der Waals surface area (Å²) in [6.45, 7) is -0.372. The van der Waals surface area contributed by atoms with Crippen LogP contribution in [-0.2, 0) is 9.53 Å². The molecule has 1 aromatic heterocycles. The molecular formula is C15H10BrN3O3S. The molecule has 1 amide bonds. The van der Waals surface area contributed by atoms with Crippen molar-refractivity contribution >= 4 is 56.3 Å². The molecule has 0 unspecified atom stereocenters. The van der Waals surface area contributed by atoms with Crippen LogP contribution in [0.15, 0.2) is 46.9 Å². The van der Waals surface area contributed by atoms with Gasteiger partial charge in [0, 0.05) is 4.47 Å². The van der Waals surface area contributed by atoms with E-state index in [9.17, 15) is 9.59 Å². The molecule has 0 fully saturated rings. The Labute approximate surface area is 143 Å². The Kier molecular flexibility index (Phi) is 4.63. The first kappa shape index (κ1) is 15.6. The second kappa shape index (κ2) is 6.84. The van der Waals surface area contributed by atoms with E-state index in [1.165, 1.54) is 0 Å². The van der Waals surface area contributed by atoms with Gasteiger partial charge in [-0.3, -0.25) is 4.79 Å². The minimum absolute atomic E-state index is 0.372. The van der Waals surface area contributed by atoms with Gasteiger partial charge in [-0.05, 0) is 36.4 Å². The van der Waals surface area contributed by atoms with Crippen LogP contribution in [0.3, 0.4) is 0 Å². The predicted octanol–water partition coefficient (Wildman–Crippen LogP) is 3.25. The summed E-state index contributed by atoms with van der Waals surface area (Å²) in [7, 11) is 0. The number of carbonyl (C=O) groups is 2. The average molecular weight is 392 g/mol. The van der Waals surface area contributed by atoms with Gasteiger partial charge in [0.25, 0.3) is 5.91 Å². The molecule has 0 aliphatic heterocycles. The highest BCUT2D eigenvalue weighted by atomic mass is 79.9. The number of carbonyl (C=O) groups excluding carboxylic acids is 2. The summed E-state index contributed by atoms with van der Waals surface area (Å²) in [4.78, 5) is 23.8. The van der Waals surface area contributed by atoms with Crippen LogP contribution >= 0.6 is 27.7 Å². The van der Waals surface area contributed by atoms with E-state index in [2.05, 4.69) is 30.0 Å². The Hall–Kier alpha value is -2.32. The standard InChI is InChI=1S/C15H10BrN3O3S/c16-10-6-4-9(5-7-10)15(21)22-8-13(20)17-11-2-1-3-12-14(11)19-23-18-12/h1-7H,8H2,(H,17,20). The van der Waals surface area contributed by atoms with Crippen LogP contribution in [0, 0.1) is 0 Å². The lowest BCUT2D eigenvalue weighted by Gasteiger charge is -2.07. The lowest BCUT2D eigenvalue weighted by atomic mass is 10.2. The largest absolute Gasteiger partial charge is 0.452 e. The first-order chi connectivity index (χ1) is 11.1. The fourth-order valence-electron chi connectivity index (χ4n) is 1.89. The Morgan fingerprint density at radius 3 is 2.70 bits per heavy atom. The van der Waals surface area contributed by atoms with Crippen molar-refractivity contribution in [3.05, 3.63) is 52.5 Å². The van der Waals surface area contributed by atoms with Gasteiger partial charge in [-0.1, -0.05) is 22.0 Å². The molecule has 116 valence electrons. The zero-order chi connectivity index (χ0) is 16.2. The number of halogens is 1. The Balaban J connectivity index is 1.60. The first-order valence-electron chi connectivity index (χ1n) is 6.57. The number of ether oxygens (including phenoxy) is 1. The maximum absolute atomic E-state index is 11.9. The van der Waals surface area contributed by atoms with E-state index in [0.29, 0.717) is 22.3 Å². The minimum atomic E-state index is -0.554. The molecular weight excluding hydrogens is 382 g/mol. The monoisotopic (exact) mass is 391 g/mol. The van der Waals surface area contributed by atoms with Crippen LogP contribution in [-0.4, -0.2) is 27.2 Å². The van der Waals surface area contributed by atoms with Crippen LogP contribution in [0.25, 0.3) is 11.0 Å². The molecule has 1 heterocycles. The van der Waals surface area contributed by atoms with Crippen LogP contribution in [0.1, 0.15) is 10.4 Å². The van der Waals surface area contributed by atoms with Crippen LogP contribution in [0.2, 0.25) is 0 Å². The molecule has 2 aromatic carbocycles. The van der Waals surface area contributed by atoms with Crippen molar-refractivity contribution < 1.29 is 14.3 Å². The van der Waals surface area contributed by atoms with Gasteiger partial charge in [-0.25, -0.2) is 4.79 Å². The molecule has 0 saturated carbocycles. The number of benzene rings is 2. The summed E-state index contributed by atoms with van der Waals surface area (Å²) >= 11 is 4.35. The smallest absolute Gasteiger partial charge is 0.338 e. The van der Waals surface area contributed by atoms with E-state index in [4.69, 9.17) is 4.74 Å². The third-order valence-electron chi connectivity index (χ3n) is 2.97. The van der Waals surface area contributed by atoms with Gasteiger partial charge in [0.2, 0.25) is 0 Å². The molecule has 0 atom stereocenters. The number of esters is 1. The Morgan fingerprint density at radius 2 is 1.91 bits per heavy atom. The van der Waals surface area contributed by atoms with Crippen molar-refractivity contribution in [3.63, 3.8) is 0 Å². The van der Waals surface area contributed by atoms with E-state index >= 15 is 0 Å². The zero-order valence-corrected chi connectivity index (χ0v) is 14.1. The van der Waals surface area contributed by atoms with Gasteiger partial charge in [0.05, 0.1) is 23.0 Å². The first-order valence-corrected chi connectivity index (χ1v) is 8.09. The third kappa shape index (κ3) is 3.72. The van der Waals surface area contributed by atoms with Crippen molar-refractivity contribution in [2.24, 2.45) is 0 Å². The molecule has 6 nitrogen and oxygen atoms in total. The molecule has 3 aromatic rings. The highest BCUT2D eigenvalue weighted by Gasteiger charge is 2.12. The number of hydrogen-bond acceptors (Lipinski definition) is 6. The SMILES string of the molecule is O=C(COC(=O)c1ccc(Br)cc1)Nc1cccc2nsnc12. The molecule has 23 heavy (non-hydrogen) atoms. The molecule has 3 rings (SSSR count). The quantitative estimate of drug-likeness (QED) is 0.690. The fraction of sp³-hybridized carbons (Fsp3) is 0.0667. The second-order valence-electron chi connectivity index (χ2n) is 4.57. The van der Waals surface area contributed by atoms with Crippen molar-refractivity contribution in [1.82, 2.24) is 8.75 Å². The number of nitrogens with one attached hydrogen (secondary N) is 1. The summed E-state index contributed by atoms with van der Waals surface area (Å²) in [5, 5.41) is 2.67. The molecule has 0 saturated heterocycles.